The summed E-state index contributed by atoms with van der Waals surface area (Å²) < 4.78 is 43.2. The summed E-state index contributed by atoms with van der Waals surface area (Å²) in [4.78, 5) is 12.8. The lowest BCUT2D eigenvalue weighted by Crippen LogP contribution is -2.40. The van der Waals surface area contributed by atoms with Gasteiger partial charge < -0.3 is 9.64 Å². The SMILES string of the molecule is O=C(COc1ccc(Cl)cc1)N(Cc1ccsc1)CC(F)(F)F. The lowest BCUT2D eigenvalue weighted by Gasteiger charge is -2.23. The average molecular weight is 364 g/mol. The molecular weight excluding hydrogens is 351 g/mol. The first kappa shape index (κ1) is 17.6. The van der Waals surface area contributed by atoms with Crippen LogP contribution < -0.4 is 4.74 Å². The van der Waals surface area contributed by atoms with Gasteiger partial charge in [-0.15, -0.1) is 0 Å². The van der Waals surface area contributed by atoms with E-state index in [0.29, 0.717) is 16.3 Å². The Morgan fingerprint density at radius 3 is 2.48 bits per heavy atom. The van der Waals surface area contributed by atoms with Crippen molar-refractivity contribution in [1.29, 1.82) is 0 Å². The van der Waals surface area contributed by atoms with Crippen LogP contribution in [0.25, 0.3) is 0 Å². The highest BCUT2D eigenvalue weighted by atomic mass is 35.5. The van der Waals surface area contributed by atoms with E-state index in [0.717, 1.165) is 4.90 Å². The molecule has 2 aromatic rings. The molecule has 0 aliphatic carbocycles. The van der Waals surface area contributed by atoms with Gasteiger partial charge in [-0.1, -0.05) is 11.6 Å². The highest BCUT2D eigenvalue weighted by molar-refractivity contribution is 7.07. The van der Waals surface area contributed by atoms with Gasteiger partial charge in [0.1, 0.15) is 12.3 Å². The zero-order valence-electron chi connectivity index (χ0n) is 11.8. The molecule has 0 aliphatic rings. The number of benzene rings is 1. The molecule has 3 nitrogen and oxygen atoms in total. The van der Waals surface area contributed by atoms with E-state index >= 15 is 0 Å². The monoisotopic (exact) mass is 363 g/mol. The van der Waals surface area contributed by atoms with E-state index in [1.54, 1.807) is 41.1 Å². The second-order valence-electron chi connectivity index (χ2n) is 4.74. The largest absolute Gasteiger partial charge is 0.484 e. The molecule has 0 fully saturated rings. The van der Waals surface area contributed by atoms with Crippen molar-refractivity contribution in [3.63, 3.8) is 0 Å². The second kappa shape index (κ2) is 7.70. The zero-order chi connectivity index (χ0) is 16.9. The number of ether oxygens (including phenoxy) is 1. The lowest BCUT2D eigenvalue weighted by atomic mass is 10.3. The highest BCUT2D eigenvalue weighted by Gasteiger charge is 2.33. The quantitative estimate of drug-likeness (QED) is 0.762. The molecule has 1 amide bonds. The van der Waals surface area contributed by atoms with E-state index in [4.69, 9.17) is 16.3 Å². The summed E-state index contributed by atoms with van der Waals surface area (Å²) in [6.45, 7) is -1.89. The number of nitrogens with zero attached hydrogens (tertiary/aromatic N) is 1. The van der Waals surface area contributed by atoms with Crippen molar-refractivity contribution < 1.29 is 22.7 Å². The number of carbonyl (C=O) groups is 1. The van der Waals surface area contributed by atoms with Gasteiger partial charge in [0.15, 0.2) is 6.61 Å². The molecule has 23 heavy (non-hydrogen) atoms. The van der Waals surface area contributed by atoms with E-state index in [-0.39, 0.29) is 6.54 Å². The number of halogens is 4. The molecule has 0 unspecified atom stereocenters. The van der Waals surface area contributed by atoms with E-state index in [2.05, 4.69) is 0 Å². The smallest absolute Gasteiger partial charge is 0.406 e. The number of carbonyl (C=O) groups excluding carboxylic acids is 1. The Morgan fingerprint density at radius 2 is 1.91 bits per heavy atom. The first-order valence-electron chi connectivity index (χ1n) is 6.57. The standard InChI is InChI=1S/C15H13ClF3NO2S/c16-12-1-3-13(4-2-12)22-8-14(21)20(10-15(17,18)19)7-11-5-6-23-9-11/h1-6,9H,7-8,10H2. The Kier molecular flexibility index (Phi) is 5.90. The summed E-state index contributed by atoms with van der Waals surface area (Å²) >= 11 is 7.08. The van der Waals surface area contributed by atoms with Gasteiger partial charge in [-0.05, 0) is 46.7 Å². The molecule has 124 valence electrons. The van der Waals surface area contributed by atoms with Crippen LogP contribution >= 0.6 is 22.9 Å². The average Bonchev–Trinajstić information content (AvgIpc) is 2.97. The van der Waals surface area contributed by atoms with Crippen LogP contribution in [0.3, 0.4) is 0 Å². The first-order valence-corrected chi connectivity index (χ1v) is 7.89. The van der Waals surface area contributed by atoms with Crippen LogP contribution in [-0.4, -0.2) is 30.1 Å². The third kappa shape index (κ3) is 6.11. The minimum atomic E-state index is -4.47. The number of alkyl halides is 3. The molecule has 2 rings (SSSR count). The molecule has 1 aromatic carbocycles. The molecular formula is C15H13ClF3NO2S. The molecule has 0 N–H and O–H groups in total. The third-order valence-electron chi connectivity index (χ3n) is 2.85. The predicted molar refractivity (Wildman–Crippen MR) is 82.7 cm³/mol. The van der Waals surface area contributed by atoms with Gasteiger partial charge in [0.25, 0.3) is 5.91 Å². The van der Waals surface area contributed by atoms with Gasteiger partial charge in [-0.25, -0.2) is 0 Å². The van der Waals surface area contributed by atoms with Crippen molar-refractivity contribution in [2.24, 2.45) is 0 Å². The molecule has 1 heterocycles. The Morgan fingerprint density at radius 1 is 1.22 bits per heavy atom. The van der Waals surface area contributed by atoms with E-state index < -0.39 is 25.2 Å². The number of amides is 1. The summed E-state index contributed by atoms with van der Waals surface area (Å²) in [5.41, 5.74) is 0.652. The Hall–Kier alpha value is -1.73. The Labute approximate surface area is 140 Å². The van der Waals surface area contributed by atoms with Crippen LogP contribution in [0, 0.1) is 0 Å². The maximum atomic E-state index is 12.7. The van der Waals surface area contributed by atoms with Gasteiger partial charge in [0, 0.05) is 11.6 Å². The summed E-state index contributed by atoms with van der Waals surface area (Å²) in [5, 5.41) is 3.95. The van der Waals surface area contributed by atoms with E-state index in [9.17, 15) is 18.0 Å². The molecule has 0 spiro atoms. The van der Waals surface area contributed by atoms with Crippen LogP contribution in [-0.2, 0) is 11.3 Å². The summed E-state index contributed by atoms with van der Waals surface area (Å²) in [6, 6.07) is 7.91. The summed E-state index contributed by atoms with van der Waals surface area (Å²) in [5.74, 6) is -0.367. The van der Waals surface area contributed by atoms with Gasteiger partial charge in [0.05, 0.1) is 0 Å². The molecule has 0 radical (unpaired) electrons. The highest BCUT2D eigenvalue weighted by Crippen LogP contribution is 2.20. The topological polar surface area (TPSA) is 29.5 Å². The van der Waals surface area contributed by atoms with Gasteiger partial charge >= 0.3 is 6.18 Å². The van der Waals surface area contributed by atoms with Crippen LogP contribution in [0.2, 0.25) is 5.02 Å². The lowest BCUT2D eigenvalue weighted by molar-refractivity contribution is -0.163. The molecule has 0 atom stereocenters. The molecule has 8 heteroatoms. The number of hydrogen-bond acceptors (Lipinski definition) is 3. The van der Waals surface area contributed by atoms with Gasteiger partial charge in [-0.2, -0.15) is 24.5 Å². The van der Waals surface area contributed by atoms with E-state index in [1.165, 1.54) is 11.3 Å². The maximum Gasteiger partial charge on any atom is 0.406 e. The fourth-order valence-electron chi connectivity index (χ4n) is 1.82. The molecule has 0 saturated heterocycles. The number of hydrogen-bond donors (Lipinski definition) is 0. The molecule has 0 bridgehead atoms. The van der Waals surface area contributed by atoms with Crippen molar-refractivity contribution in [3.8, 4) is 5.75 Å². The summed E-state index contributed by atoms with van der Waals surface area (Å²) in [6.07, 6.45) is -4.47. The second-order valence-corrected chi connectivity index (χ2v) is 5.96. The molecule has 0 aliphatic heterocycles. The van der Waals surface area contributed by atoms with Crippen molar-refractivity contribution in [2.45, 2.75) is 12.7 Å². The van der Waals surface area contributed by atoms with Crippen LogP contribution in [0.1, 0.15) is 5.56 Å². The fraction of sp³-hybridized carbons (Fsp3) is 0.267. The fourth-order valence-corrected chi connectivity index (χ4v) is 2.60. The van der Waals surface area contributed by atoms with Crippen LogP contribution in [0.5, 0.6) is 5.75 Å². The zero-order valence-corrected chi connectivity index (χ0v) is 13.4. The van der Waals surface area contributed by atoms with Crippen molar-refractivity contribution in [2.75, 3.05) is 13.2 Å². The van der Waals surface area contributed by atoms with Gasteiger partial charge in [0.2, 0.25) is 0 Å². The molecule has 0 saturated carbocycles. The number of thiophene rings is 1. The minimum Gasteiger partial charge on any atom is -0.484 e. The minimum absolute atomic E-state index is 0.105. The predicted octanol–water partition coefficient (Wildman–Crippen LogP) is 4.37. The summed E-state index contributed by atoms with van der Waals surface area (Å²) in [7, 11) is 0. The Balaban J connectivity index is 1.98. The maximum absolute atomic E-state index is 12.7. The van der Waals surface area contributed by atoms with E-state index in [1.807, 2.05) is 0 Å². The van der Waals surface area contributed by atoms with Crippen LogP contribution in [0.4, 0.5) is 13.2 Å². The first-order chi connectivity index (χ1) is 10.8. The van der Waals surface area contributed by atoms with Crippen molar-refractivity contribution in [1.82, 2.24) is 4.90 Å². The van der Waals surface area contributed by atoms with Gasteiger partial charge in [-0.3, -0.25) is 4.79 Å². The van der Waals surface area contributed by atoms with Crippen molar-refractivity contribution in [3.05, 3.63) is 51.7 Å². The van der Waals surface area contributed by atoms with Crippen molar-refractivity contribution >= 4 is 28.8 Å². The normalized spacial score (nSPS) is 11.3. The molecule has 1 aromatic heterocycles. The third-order valence-corrected chi connectivity index (χ3v) is 3.84. The number of rotatable bonds is 6. The van der Waals surface area contributed by atoms with Crippen LogP contribution in [0.15, 0.2) is 41.1 Å². The Bertz CT molecular complexity index is 629.